The Hall–Kier alpha value is -3.80. The summed E-state index contributed by atoms with van der Waals surface area (Å²) in [5.74, 6) is -0.799. The molecule has 0 unspecified atom stereocenters. The molecule has 0 fully saturated rings. The zero-order valence-corrected chi connectivity index (χ0v) is 17.7. The van der Waals surface area contributed by atoms with Gasteiger partial charge in [-0.1, -0.05) is 30.4 Å². The SMILES string of the molecule is CCOC(=O)c1ccc(/C=C/c2ccc(N=Nc3ccc(N(C)C)cc3)c(F)c2)cc1. The summed E-state index contributed by atoms with van der Waals surface area (Å²) in [5.41, 5.74) is 3.96. The van der Waals surface area contributed by atoms with Crippen molar-refractivity contribution in [1.29, 1.82) is 0 Å². The lowest BCUT2D eigenvalue weighted by Crippen LogP contribution is -2.07. The summed E-state index contributed by atoms with van der Waals surface area (Å²) in [4.78, 5) is 13.7. The number of nitrogens with zero attached hydrogens (tertiary/aromatic N) is 3. The first-order valence-electron chi connectivity index (χ1n) is 9.90. The lowest BCUT2D eigenvalue weighted by Gasteiger charge is -2.11. The number of hydrogen-bond acceptors (Lipinski definition) is 5. The molecule has 0 N–H and O–H groups in total. The van der Waals surface area contributed by atoms with Crippen LogP contribution in [-0.4, -0.2) is 26.7 Å². The van der Waals surface area contributed by atoms with E-state index in [9.17, 15) is 9.18 Å². The van der Waals surface area contributed by atoms with Crippen LogP contribution in [-0.2, 0) is 4.74 Å². The second-order valence-corrected chi connectivity index (χ2v) is 7.00. The van der Waals surface area contributed by atoms with Gasteiger partial charge in [-0.15, -0.1) is 5.11 Å². The quantitative estimate of drug-likeness (QED) is 0.245. The zero-order valence-electron chi connectivity index (χ0n) is 17.7. The summed E-state index contributed by atoms with van der Waals surface area (Å²) in [7, 11) is 3.92. The third kappa shape index (κ3) is 6.09. The first-order valence-corrected chi connectivity index (χ1v) is 9.90. The smallest absolute Gasteiger partial charge is 0.338 e. The molecule has 0 aliphatic carbocycles. The van der Waals surface area contributed by atoms with E-state index >= 15 is 0 Å². The molecule has 0 radical (unpaired) electrons. The molecule has 0 aliphatic heterocycles. The van der Waals surface area contributed by atoms with E-state index in [0.717, 1.165) is 11.3 Å². The Kier molecular flexibility index (Phi) is 7.27. The van der Waals surface area contributed by atoms with Gasteiger partial charge in [0.1, 0.15) is 5.69 Å². The molecule has 0 amide bonds. The highest BCUT2D eigenvalue weighted by atomic mass is 19.1. The van der Waals surface area contributed by atoms with Gasteiger partial charge in [0, 0.05) is 19.8 Å². The number of carbonyl (C=O) groups is 1. The van der Waals surface area contributed by atoms with Crippen LogP contribution in [0.15, 0.2) is 77.0 Å². The van der Waals surface area contributed by atoms with E-state index in [1.54, 1.807) is 37.3 Å². The summed E-state index contributed by atoms with van der Waals surface area (Å²) in [5, 5.41) is 8.13. The summed E-state index contributed by atoms with van der Waals surface area (Å²) in [6, 6.07) is 19.3. The van der Waals surface area contributed by atoms with Crippen LogP contribution in [0.3, 0.4) is 0 Å². The molecule has 0 saturated heterocycles. The highest BCUT2D eigenvalue weighted by molar-refractivity contribution is 5.89. The Morgan fingerprint density at radius 1 is 0.935 bits per heavy atom. The van der Waals surface area contributed by atoms with Crippen LogP contribution in [0.1, 0.15) is 28.4 Å². The third-order valence-corrected chi connectivity index (χ3v) is 4.50. The fourth-order valence-corrected chi connectivity index (χ4v) is 2.77. The van der Waals surface area contributed by atoms with Gasteiger partial charge in [-0.2, -0.15) is 5.11 Å². The summed E-state index contributed by atoms with van der Waals surface area (Å²) >= 11 is 0. The number of esters is 1. The molecule has 5 nitrogen and oxygen atoms in total. The van der Waals surface area contributed by atoms with Crippen LogP contribution in [0.2, 0.25) is 0 Å². The zero-order chi connectivity index (χ0) is 22.2. The maximum Gasteiger partial charge on any atom is 0.338 e. The first kappa shape index (κ1) is 21.9. The average molecular weight is 417 g/mol. The van der Waals surface area contributed by atoms with Crippen molar-refractivity contribution in [2.24, 2.45) is 10.2 Å². The minimum atomic E-state index is -0.450. The van der Waals surface area contributed by atoms with Gasteiger partial charge in [0.25, 0.3) is 0 Å². The van der Waals surface area contributed by atoms with Crippen LogP contribution in [0, 0.1) is 5.82 Å². The predicted octanol–water partition coefficient (Wildman–Crippen LogP) is 6.65. The second kappa shape index (κ2) is 10.3. The van der Waals surface area contributed by atoms with Crippen molar-refractivity contribution in [1.82, 2.24) is 0 Å². The molecule has 0 heterocycles. The highest BCUT2D eigenvalue weighted by Crippen LogP contribution is 2.24. The van der Waals surface area contributed by atoms with E-state index in [0.29, 0.717) is 23.4 Å². The number of ether oxygens (including phenoxy) is 1. The lowest BCUT2D eigenvalue weighted by atomic mass is 10.1. The van der Waals surface area contributed by atoms with Gasteiger partial charge < -0.3 is 9.64 Å². The standard InChI is InChI=1S/C25H24FN3O2/c1-4-31-25(30)20-10-7-18(8-11-20)5-6-19-9-16-24(23(26)17-19)28-27-21-12-14-22(15-13-21)29(2)3/h5-17H,4H2,1-3H3/b6-5+,28-27?. The van der Waals surface area contributed by atoms with Gasteiger partial charge in [-0.25, -0.2) is 9.18 Å². The molecule has 0 aliphatic rings. The highest BCUT2D eigenvalue weighted by Gasteiger charge is 2.05. The summed E-state index contributed by atoms with van der Waals surface area (Å²) < 4.78 is 19.4. The number of hydrogen-bond donors (Lipinski definition) is 0. The van der Waals surface area contributed by atoms with Gasteiger partial charge >= 0.3 is 5.97 Å². The number of anilines is 1. The summed E-state index contributed by atoms with van der Waals surface area (Å²) in [6.45, 7) is 2.10. The van der Waals surface area contributed by atoms with Crippen molar-refractivity contribution in [2.45, 2.75) is 6.92 Å². The number of rotatable bonds is 7. The number of halogens is 1. The molecule has 0 aromatic heterocycles. The molecule has 158 valence electrons. The molecule has 31 heavy (non-hydrogen) atoms. The van der Waals surface area contributed by atoms with Crippen molar-refractivity contribution in [3.05, 3.63) is 89.2 Å². The maximum atomic E-state index is 14.4. The van der Waals surface area contributed by atoms with E-state index in [2.05, 4.69) is 10.2 Å². The van der Waals surface area contributed by atoms with Crippen molar-refractivity contribution in [3.63, 3.8) is 0 Å². The fourth-order valence-electron chi connectivity index (χ4n) is 2.77. The van der Waals surface area contributed by atoms with Crippen LogP contribution in [0.4, 0.5) is 21.5 Å². The first-order chi connectivity index (χ1) is 15.0. The number of benzene rings is 3. The Balaban J connectivity index is 1.66. The van der Waals surface area contributed by atoms with Gasteiger partial charge in [0.05, 0.1) is 17.9 Å². The normalized spacial score (nSPS) is 11.2. The molecule has 3 aromatic carbocycles. The van der Waals surface area contributed by atoms with E-state index in [-0.39, 0.29) is 11.7 Å². The lowest BCUT2D eigenvalue weighted by molar-refractivity contribution is 0.0526. The molecule has 6 heteroatoms. The molecule has 0 saturated carbocycles. The second-order valence-electron chi connectivity index (χ2n) is 7.00. The van der Waals surface area contributed by atoms with Gasteiger partial charge in [0.15, 0.2) is 5.82 Å². The average Bonchev–Trinajstić information content (AvgIpc) is 2.78. The third-order valence-electron chi connectivity index (χ3n) is 4.50. The molecule has 0 bridgehead atoms. The Bertz CT molecular complexity index is 1090. The number of carbonyl (C=O) groups excluding carboxylic acids is 1. The van der Waals surface area contributed by atoms with Crippen LogP contribution >= 0.6 is 0 Å². The van der Waals surface area contributed by atoms with Crippen molar-refractivity contribution < 1.29 is 13.9 Å². The van der Waals surface area contributed by atoms with E-state index in [1.165, 1.54) is 6.07 Å². The van der Waals surface area contributed by atoms with Gasteiger partial charge in [-0.05, 0) is 66.6 Å². The van der Waals surface area contributed by atoms with Crippen molar-refractivity contribution >= 4 is 35.2 Å². The van der Waals surface area contributed by atoms with E-state index in [1.807, 2.05) is 61.5 Å². The molecule has 0 spiro atoms. The monoisotopic (exact) mass is 417 g/mol. The Morgan fingerprint density at radius 3 is 2.19 bits per heavy atom. The van der Waals surface area contributed by atoms with Crippen molar-refractivity contribution in [2.75, 3.05) is 25.6 Å². The van der Waals surface area contributed by atoms with E-state index < -0.39 is 5.82 Å². The topological polar surface area (TPSA) is 54.3 Å². The molecular weight excluding hydrogens is 393 g/mol. The van der Waals surface area contributed by atoms with Crippen LogP contribution in [0.5, 0.6) is 0 Å². The molecule has 3 aromatic rings. The molecule has 3 rings (SSSR count). The number of azo groups is 1. The fraction of sp³-hybridized carbons (Fsp3) is 0.160. The summed E-state index contributed by atoms with van der Waals surface area (Å²) in [6.07, 6.45) is 3.64. The van der Waals surface area contributed by atoms with Gasteiger partial charge in [0.2, 0.25) is 0 Å². The van der Waals surface area contributed by atoms with Crippen molar-refractivity contribution in [3.8, 4) is 0 Å². The Labute approximate surface area is 181 Å². The maximum absolute atomic E-state index is 14.4. The molecule has 0 atom stereocenters. The van der Waals surface area contributed by atoms with Crippen LogP contribution in [0.25, 0.3) is 12.2 Å². The molecular formula is C25H24FN3O2. The minimum absolute atomic E-state index is 0.174. The predicted molar refractivity (Wildman–Crippen MR) is 123 cm³/mol. The Morgan fingerprint density at radius 2 is 1.58 bits per heavy atom. The van der Waals surface area contributed by atoms with Gasteiger partial charge in [-0.3, -0.25) is 0 Å². The minimum Gasteiger partial charge on any atom is -0.462 e. The van der Waals surface area contributed by atoms with E-state index in [4.69, 9.17) is 4.74 Å². The largest absolute Gasteiger partial charge is 0.462 e. The van der Waals surface area contributed by atoms with Crippen LogP contribution < -0.4 is 4.90 Å².